The number of amides is 1. The first kappa shape index (κ1) is 28.6. The van der Waals surface area contributed by atoms with Crippen LogP contribution >= 0.6 is 0 Å². The third-order valence-corrected chi connectivity index (χ3v) is 7.57. The molecular formula is C34H37N3O4. The van der Waals surface area contributed by atoms with Crippen molar-refractivity contribution in [2.75, 3.05) is 25.5 Å². The van der Waals surface area contributed by atoms with Gasteiger partial charge in [0.2, 0.25) is 0 Å². The topological polar surface area (TPSA) is 83.9 Å². The lowest BCUT2D eigenvalue weighted by Crippen LogP contribution is -2.43. The summed E-state index contributed by atoms with van der Waals surface area (Å²) in [5, 5.41) is 12.5. The van der Waals surface area contributed by atoms with Crippen molar-refractivity contribution >= 4 is 11.6 Å². The minimum Gasteiger partial charge on any atom is -0.392 e. The number of rotatable bonds is 10. The van der Waals surface area contributed by atoms with E-state index in [1.165, 1.54) is 0 Å². The Bertz CT molecular complexity index is 1380. The van der Waals surface area contributed by atoms with Crippen LogP contribution < -0.4 is 5.32 Å². The van der Waals surface area contributed by atoms with Crippen LogP contribution in [0.2, 0.25) is 0 Å². The van der Waals surface area contributed by atoms with E-state index < -0.39 is 6.29 Å². The van der Waals surface area contributed by atoms with E-state index in [1.54, 1.807) is 12.1 Å². The molecule has 0 radical (unpaired) electrons. The van der Waals surface area contributed by atoms with E-state index in [0.717, 1.165) is 41.9 Å². The second kappa shape index (κ2) is 13.7. The fourth-order valence-electron chi connectivity index (χ4n) is 5.09. The van der Waals surface area contributed by atoms with Gasteiger partial charge in [-0.25, -0.2) is 0 Å². The number of anilines is 1. The van der Waals surface area contributed by atoms with Gasteiger partial charge in [0.15, 0.2) is 6.29 Å². The first-order valence-corrected chi connectivity index (χ1v) is 14.1. The zero-order valence-corrected chi connectivity index (χ0v) is 23.5. The number of aliphatic hydroxyl groups excluding tert-OH is 1. The molecular weight excluding hydrogens is 514 g/mol. The molecule has 3 aromatic carbocycles. The summed E-state index contributed by atoms with van der Waals surface area (Å²) < 4.78 is 13.2. The van der Waals surface area contributed by atoms with Crippen LogP contribution in [0, 0.1) is 5.92 Å². The van der Waals surface area contributed by atoms with Gasteiger partial charge in [-0.15, -0.1) is 0 Å². The van der Waals surface area contributed by atoms with Crippen molar-refractivity contribution in [3.63, 3.8) is 0 Å². The summed E-state index contributed by atoms with van der Waals surface area (Å²) in [4.78, 5) is 19.3. The Morgan fingerprint density at radius 2 is 1.61 bits per heavy atom. The summed E-state index contributed by atoms with van der Waals surface area (Å²) >= 11 is 0. The summed E-state index contributed by atoms with van der Waals surface area (Å²) in [5.74, 6) is -0.0644. The van der Waals surface area contributed by atoms with E-state index in [-0.39, 0.29) is 30.6 Å². The maximum Gasteiger partial charge on any atom is 0.255 e. The fraction of sp³-hybridized carbons (Fsp3) is 0.294. The maximum absolute atomic E-state index is 12.6. The van der Waals surface area contributed by atoms with Gasteiger partial charge in [-0.1, -0.05) is 67.6 Å². The number of carbonyl (C=O) groups excluding carboxylic acids is 1. The van der Waals surface area contributed by atoms with Gasteiger partial charge in [-0.3, -0.25) is 9.78 Å². The quantitative estimate of drug-likeness (QED) is 0.260. The summed E-state index contributed by atoms with van der Waals surface area (Å²) in [6.45, 7) is 3.77. The lowest BCUT2D eigenvalue weighted by molar-refractivity contribution is -0.275. The highest BCUT2D eigenvalue weighted by atomic mass is 16.7. The zero-order chi connectivity index (χ0) is 28.6. The molecule has 1 amide bonds. The molecule has 0 spiro atoms. The monoisotopic (exact) mass is 551 g/mol. The predicted molar refractivity (Wildman–Crippen MR) is 159 cm³/mol. The van der Waals surface area contributed by atoms with E-state index in [2.05, 4.69) is 35.2 Å². The number of likely N-dealkylation sites (N-methyl/N-ethyl adjacent to an activating group) is 1. The van der Waals surface area contributed by atoms with Gasteiger partial charge < -0.3 is 24.8 Å². The van der Waals surface area contributed by atoms with Gasteiger partial charge in [-0.2, -0.15) is 0 Å². The average molecular weight is 552 g/mol. The summed E-state index contributed by atoms with van der Waals surface area (Å²) in [6, 6.07) is 30.7. The number of hydrogen-bond acceptors (Lipinski definition) is 6. The molecule has 1 aliphatic rings. The van der Waals surface area contributed by atoms with E-state index in [1.807, 2.05) is 85.1 Å². The number of benzene rings is 3. The first-order valence-electron chi connectivity index (χ1n) is 14.1. The molecule has 4 atom stereocenters. The maximum atomic E-state index is 12.6. The number of ether oxygens (including phenoxy) is 2. The van der Waals surface area contributed by atoms with Gasteiger partial charge in [0.1, 0.15) is 0 Å². The Morgan fingerprint density at radius 3 is 2.29 bits per heavy atom. The van der Waals surface area contributed by atoms with Gasteiger partial charge in [0.05, 0.1) is 18.8 Å². The molecule has 212 valence electrons. The third-order valence-electron chi connectivity index (χ3n) is 7.57. The highest BCUT2D eigenvalue weighted by Crippen LogP contribution is 2.42. The van der Waals surface area contributed by atoms with Crippen LogP contribution in [0.3, 0.4) is 0 Å². The van der Waals surface area contributed by atoms with Gasteiger partial charge >= 0.3 is 0 Å². The minimum absolute atomic E-state index is 0.00391. The van der Waals surface area contributed by atoms with Crippen molar-refractivity contribution in [2.45, 2.75) is 38.4 Å². The number of aliphatic hydroxyl groups is 1. The first-order chi connectivity index (χ1) is 20.0. The molecule has 1 aliphatic heterocycles. The molecule has 0 aliphatic carbocycles. The molecule has 4 aromatic rings. The number of hydrogen-bond donors (Lipinski definition) is 2. The zero-order valence-electron chi connectivity index (χ0n) is 23.5. The predicted octanol–water partition coefficient (Wildman–Crippen LogP) is 5.79. The van der Waals surface area contributed by atoms with Crippen LogP contribution in [0.25, 0.3) is 0 Å². The Kier molecular flexibility index (Phi) is 9.54. The Morgan fingerprint density at radius 1 is 0.902 bits per heavy atom. The third kappa shape index (κ3) is 7.45. The van der Waals surface area contributed by atoms with Crippen molar-refractivity contribution in [3.8, 4) is 0 Å². The Hall–Kier alpha value is -3.88. The molecule has 0 bridgehead atoms. The second-order valence-corrected chi connectivity index (χ2v) is 10.6. The molecule has 1 saturated heterocycles. The van der Waals surface area contributed by atoms with E-state index in [4.69, 9.17) is 9.47 Å². The SMILES string of the molecule is C[C@H]1[C@@H](CN(C)CCc2ccccn2)O[C@@H](c2ccc(NC(=O)c3ccccc3)cc2)O[C@H]1c1ccc(CO)cc1. The van der Waals surface area contributed by atoms with E-state index >= 15 is 0 Å². The van der Waals surface area contributed by atoms with E-state index in [0.29, 0.717) is 11.3 Å². The summed E-state index contributed by atoms with van der Waals surface area (Å²) in [5.41, 5.74) is 5.18. The lowest BCUT2D eigenvalue weighted by Gasteiger charge is -2.42. The van der Waals surface area contributed by atoms with Crippen LogP contribution in [-0.2, 0) is 22.5 Å². The van der Waals surface area contributed by atoms with Crippen molar-refractivity contribution in [1.29, 1.82) is 0 Å². The van der Waals surface area contributed by atoms with Gasteiger partial charge in [-0.05, 0) is 54.6 Å². The molecule has 7 nitrogen and oxygen atoms in total. The number of nitrogens with one attached hydrogen (secondary N) is 1. The van der Waals surface area contributed by atoms with Crippen LogP contribution in [0.1, 0.15) is 52.1 Å². The minimum atomic E-state index is -0.568. The standard InChI is InChI=1S/C34H37N3O4/c1-24-31(22-37(2)21-19-29-10-6-7-20-35-29)40-34(41-32(24)26-13-11-25(23-38)12-14-26)28-15-17-30(18-16-28)36-33(39)27-8-4-3-5-9-27/h3-18,20,24,31-32,34,38H,19,21-23H2,1-2H3,(H,36,39)/t24-,31+,32+,34+/m0/s1. The summed E-state index contributed by atoms with van der Waals surface area (Å²) in [7, 11) is 2.11. The molecule has 1 fully saturated rings. The molecule has 0 saturated carbocycles. The molecule has 2 N–H and O–H groups in total. The smallest absolute Gasteiger partial charge is 0.255 e. The Balaban J connectivity index is 1.31. The molecule has 0 unspecified atom stereocenters. The van der Waals surface area contributed by atoms with Crippen LogP contribution in [0.15, 0.2) is 103 Å². The van der Waals surface area contributed by atoms with Crippen molar-refractivity contribution < 1.29 is 19.4 Å². The van der Waals surface area contributed by atoms with Crippen molar-refractivity contribution in [3.05, 3.63) is 131 Å². The molecule has 1 aromatic heterocycles. The van der Waals surface area contributed by atoms with Crippen LogP contribution in [0.4, 0.5) is 5.69 Å². The van der Waals surface area contributed by atoms with Gasteiger partial charge in [0, 0.05) is 54.1 Å². The highest BCUT2D eigenvalue weighted by molar-refractivity contribution is 6.04. The second-order valence-electron chi connectivity index (χ2n) is 10.6. The molecule has 2 heterocycles. The lowest BCUT2D eigenvalue weighted by atomic mass is 9.90. The van der Waals surface area contributed by atoms with Crippen LogP contribution in [0.5, 0.6) is 0 Å². The van der Waals surface area contributed by atoms with Gasteiger partial charge in [0.25, 0.3) is 5.91 Å². The fourth-order valence-corrected chi connectivity index (χ4v) is 5.09. The molecule has 41 heavy (non-hydrogen) atoms. The average Bonchev–Trinajstić information content (AvgIpc) is 3.02. The number of pyridine rings is 1. The number of aromatic nitrogens is 1. The van der Waals surface area contributed by atoms with Crippen LogP contribution in [-0.4, -0.2) is 47.1 Å². The molecule has 5 rings (SSSR count). The molecule has 7 heteroatoms. The van der Waals surface area contributed by atoms with E-state index in [9.17, 15) is 9.90 Å². The number of carbonyl (C=O) groups is 1. The van der Waals surface area contributed by atoms with Crippen molar-refractivity contribution in [2.24, 2.45) is 5.92 Å². The Labute approximate surface area is 241 Å². The normalized spacial score (nSPS) is 20.6. The highest BCUT2D eigenvalue weighted by Gasteiger charge is 2.38. The summed E-state index contributed by atoms with van der Waals surface area (Å²) in [6.07, 6.45) is 1.85. The van der Waals surface area contributed by atoms with Crippen molar-refractivity contribution in [1.82, 2.24) is 9.88 Å². The largest absolute Gasteiger partial charge is 0.392 e. The number of nitrogens with zero attached hydrogens (tertiary/aromatic N) is 2.